The van der Waals surface area contributed by atoms with Gasteiger partial charge in [0.2, 0.25) is 0 Å². The lowest BCUT2D eigenvalue weighted by molar-refractivity contribution is 0.409. The normalized spacial score (nSPS) is 10.5. The Kier molecular flexibility index (Phi) is 6.10. The Labute approximate surface area is 149 Å². The van der Waals surface area contributed by atoms with Gasteiger partial charge in [0.05, 0.1) is 20.5 Å². The van der Waals surface area contributed by atoms with E-state index in [4.69, 9.17) is 15.2 Å². The van der Waals surface area contributed by atoms with Gasteiger partial charge in [-0.2, -0.15) is 0 Å². The number of hydrogen-bond donors (Lipinski definition) is 1. The Bertz CT molecular complexity index is 647. The first-order valence-corrected chi connectivity index (χ1v) is 8.62. The maximum Gasteiger partial charge on any atom is 0.143 e. The summed E-state index contributed by atoms with van der Waals surface area (Å²) in [5, 5.41) is 0. The van der Waals surface area contributed by atoms with E-state index in [-0.39, 0.29) is 0 Å². The second-order valence-corrected chi connectivity index (χ2v) is 6.89. The van der Waals surface area contributed by atoms with Gasteiger partial charge in [-0.3, -0.25) is 0 Å². The van der Waals surface area contributed by atoms with Crippen molar-refractivity contribution in [2.24, 2.45) is 5.73 Å². The van der Waals surface area contributed by atoms with Gasteiger partial charge in [-0.1, -0.05) is 6.07 Å². The summed E-state index contributed by atoms with van der Waals surface area (Å²) in [6, 6.07) is 9.69. The molecule has 2 N–H and O–H groups in total. The van der Waals surface area contributed by atoms with Crippen molar-refractivity contribution in [1.82, 2.24) is 0 Å². The van der Waals surface area contributed by atoms with Crippen molar-refractivity contribution in [3.05, 3.63) is 49.3 Å². The minimum atomic E-state index is 0.629. The zero-order valence-corrected chi connectivity index (χ0v) is 16.1. The summed E-state index contributed by atoms with van der Waals surface area (Å²) in [6.45, 7) is 0.629. The quantitative estimate of drug-likeness (QED) is 0.635. The van der Waals surface area contributed by atoms with Gasteiger partial charge in [-0.15, -0.1) is 0 Å². The van der Waals surface area contributed by atoms with Crippen LogP contribution in [0.4, 0.5) is 0 Å². The van der Waals surface area contributed by atoms with E-state index in [1.54, 1.807) is 7.11 Å². The Morgan fingerprint density at radius 1 is 0.905 bits per heavy atom. The number of rotatable bonds is 5. The number of benzene rings is 2. The molecule has 3 nitrogen and oxygen atoms in total. The molecule has 0 aliphatic heterocycles. The average Bonchev–Trinajstić information content (AvgIpc) is 2.45. The molecular formula is C15H14Br3NO2. The number of ether oxygens (including phenoxy) is 2. The highest BCUT2D eigenvalue weighted by molar-refractivity contribution is 9.11. The SMILES string of the molecule is COc1cc(Br)c(Oc2ccc(CCN)cc2Br)cc1Br. The monoisotopic (exact) mass is 477 g/mol. The van der Waals surface area contributed by atoms with Gasteiger partial charge in [0.1, 0.15) is 17.2 Å². The first-order chi connectivity index (χ1) is 10.0. The second-order valence-electron chi connectivity index (χ2n) is 4.32. The zero-order valence-electron chi connectivity index (χ0n) is 11.3. The topological polar surface area (TPSA) is 44.5 Å². The highest BCUT2D eigenvalue weighted by Gasteiger charge is 2.11. The maximum atomic E-state index is 5.94. The minimum Gasteiger partial charge on any atom is -0.496 e. The molecule has 0 fully saturated rings. The van der Waals surface area contributed by atoms with Crippen LogP contribution >= 0.6 is 47.8 Å². The van der Waals surface area contributed by atoms with Crippen LogP contribution in [0.1, 0.15) is 5.56 Å². The van der Waals surface area contributed by atoms with Crippen LogP contribution in [0, 0.1) is 0 Å². The van der Waals surface area contributed by atoms with Crippen LogP contribution in [0.5, 0.6) is 17.2 Å². The predicted octanol–water partition coefficient (Wildman–Crippen LogP) is 5.28. The zero-order chi connectivity index (χ0) is 15.4. The molecule has 0 heterocycles. The highest BCUT2D eigenvalue weighted by atomic mass is 79.9. The molecule has 2 rings (SSSR count). The molecule has 112 valence electrons. The number of nitrogens with two attached hydrogens (primary N) is 1. The minimum absolute atomic E-state index is 0.629. The molecule has 0 saturated carbocycles. The Morgan fingerprint density at radius 3 is 2.14 bits per heavy atom. The molecule has 0 aromatic heterocycles. The summed E-state index contributed by atoms with van der Waals surface area (Å²) >= 11 is 10.5. The molecule has 2 aromatic rings. The first-order valence-electron chi connectivity index (χ1n) is 6.24. The lowest BCUT2D eigenvalue weighted by Crippen LogP contribution is -2.02. The Morgan fingerprint density at radius 2 is 1.52 bits per heavy atom. The third-order valence-electron chi connectivity index (χ3n) is 2.86. The number of hydrogen-bond acceptors (Lipinski definition) is 3. The molecule has 6 heteroatoms. The van der Waals surface area contributed by atoms with Crippen molar-refractivity contribution < 1.29 is 9.47 Å². The van der Waals surface area contributed by atoms with E-state index in [1.165, 1.54) is 5.56 Å². The summed E-state index contributed by atoms with van der Waals surface area (Å²) < 4.78 is 13.7. The summed E-state index contributed by atoms with van der Waals surface area (Å²) in [7, 11) is 1.62. The van der Waals surface area contributed by atoms with Crippen molar-refractivity contribution in [2.45, 2.75) is 6.42 Å². The third-order valence-corrected chi connectivity index (χ3v) is 4.71. The van der Waals surface area contributed by atoms with Gasteiger partial charge < -0.3 is 15.2 Å². The van der Waals surface area contributed by atoms with Gasteiger partial charge >= 0.3 is 0 Å². The van der Waals surface area contributed by atoms with Crippen molar-refractivity contribution in [2.75, 3.05) is 13.7 Å². The molecular weight excluding hydrogens is 466 g/mol. The van der Waals surface area contributed by atoms with Gasteiger partial charge in [-0.05, 0) is 90.6 Å². The highest BCUT2D eigenvalue weighted by Crippen LogP contribution is 2.39. The van der Waals surface area contributed by atoms with E-state index in [0.717, 1.165) is 31.3 Å². The van der Waals surface area contributed by atoms with E-state index in [9.17, 15) is 0 Å². The molecule has 21 heavy (non-hydrogen) atoms. The van der Waals surface area contributed by atoms with Crippen LogP contribution in [-0.2, 0) is 6.42 Å². The van der Waals surface area contributed by atoms with Crippen molar-refractivity contribution in [1.29, 1.82) is 0 Å². The molecule has 0 radical (unpaired) electrons. The van der Waals surface area contributed by atoms with Gasteiger partial charge in [0.15, 0.2) is 0 Å². The van der Waals surface area contributed by atoms with Gasteiger partial charge in [-0.25, -0.2) is 0 Å². The number of halogens is 3. The first kappa shape index (κ1) is 16.8. The largest absolute Gasteiger partial charge is 0.496 e. The van der Waals surface area contributed by atoms with E-state index in [2.05, 4.69) is 47.8 Å². The van der Waals surface area contributed by atoms with Crippen LogP contribution in [-0.4, -0.2) is 13.7 Å². The van der Waals surface area contributed by atoms with Crippen molar-refractivity contribution in [3.8, 4) is 17.2 Å². The summed E-state index contributed by atoms with van der Waals surface area (Å²) in [5.41, 5.74) is 6.74. The van der Waals surface area contributed by atoms with Crippen LogP contribution in [0.2, 0.25) is 0 Å². The standard InChI is InChI=1S/C15H14Br3NO2/c1-20-14-7-12(18)15(8-11(14)17)21-13-3-2-9(4-5-19)6-10(13)16/h2-3,6-8H,4-5,19H2,1H3. The molecule has 2 aromatic carbocycles. The van der Waals surface area contributed by atoms with Crippen LogP contribution < -0.4 is 15.2 Å². The smallest absolute Gasteiger partial charge is 0.143 e. The lowest BCUT2D eigenvalue weighted by Gasteiger charge is -2.12. The molecule has 0 bridgehead atoms. The van der Waals surface area contributed by atoms with Crippen LogP contribution in [0.25, 0.3) is 0 Å². The fourth-order valence-electron chi connectivity index (χ4n) is 1.81. The van der Waals surface area contributed by atoms with E-state index in [1.807, 2.05) is 30.3 Å². The molecule has 0 aliphatic carbocycles. The Hall–Kier alpha value is -0.560. The fourth-order valence-corrected chi connectivity index (χ4v) is 3.21. The van der Waals surface area contributed by atoms with E-state index >= 15 is 0 Å². The molecule has 0 saturated heterocycles. The molecule has 0 atom stereocenters. The summed E-state index contributed by atoms with van der Waals surface area (Å²) in [6.07, 6.45) is 0.844. The number of methoxy groups -OCH3 is 1. The Balaban J connectivity index is 2.28. The molecule has 0 aliphatic rings. The van der Waals surface area contributed by atoms with Gasteiger partial charge in [0, 0.05) is 0 Å². The average molecular weight is 480 g/mol. The van der Waals surface area contributed by atoms with Crippen LogP contribution in [0.3, 0.4) is 0 Å². The summed E-state index contributed by atoms with van der Waals surface area (Å²) in [5.74, 6) is 2.19. The molecule has 0 amide bonds. The third kappa shape index (κ3) is 4.22. The van der Waals surface area contributed by atoms with Crippen molar-refractivity contribution in [3.63, 3.8) is 0 Å². The summed E-state index contributed by atoms with van der Waals surface area (Å²) in [4.78, 5) is 0. The molecule has 0 unspecified atom stereocenters. The van der Waals surface area contributed by atoms with Crippen molar-refractivity contribution >= 4 is 47.8 Å². The van der Waals surface area contributed by atoms with E-state index in [0.29, 0.717) is 12.3 Å². The van der Waals surface area contributed by atoms with E-state index < -0.39 is 0 Å². The maximum absolute atomic E-state index is 5.94. The fraction of sp³-hybridized carbons (Fsp3) is 0.200. The lowest BCUT2D eigenvalue weighted by atomic mass is 10.1. The van der Waals surface area contributed by atoms with Crippen LogP contribution in [0.15, 0.2) is 43.7 Å². The second kappa shape index (κ2) is 7.63. The van der Waals surface area contributed by atoms with Gasteiger partial charge in [0.25, 0.3) is 0 Å². The molecule has 0 spiro atoms. The predicted molar refractivity (Wildman–Crippen MR) is 95.4 cm³/mol.